The van der Waals surface area contributed by atoms with Crippen LogP contribution in [0.1, 0.15) is 17.7 Å². The van der Waals surface area contributed by atoms with Gasteiger partial charge in [0, 0.05) is 35.6 Å². The number of aromatic nitrogens is 3. The zero-order valence-corrected chi connectivity index (χ0v) is 9.07. The second kappa shape index (κ2) is 4.58. The van der Waals surface area contributed by atoms with Crippen LogP contribution < -0.4 is 0 Å². The molecule has 0 unspecified atom stereocenters. The van der Waals surface area contributed by atoms with E-state index >= 15 is 0 Å². The molecule has 4 heteroatoms. The molecule has 0 aliphatic rings. The van der Waals surface area contributed by atoms with E-state index in [1.807, 2.05) is 19.1 Å². The molecular weight excluding hydrogens is 200 g/mol. The Morgan fingerprint density at radius 2 is 2.12 bits per heavy atom. The third kappa shape index (κ3) is 1.94. The van der Waals surface area contributed by atoms with Crippen LogP contribution in [0.3, 0.4) is 0 Å². The highest BCUT2D eigenvalue weighted by Crippen LogP contribution is 2.23. The fraction of sp³-hybridized carbons (Fsp3) is 0.250. The van der Waals surface area contributed by atoms with Gasteiger partial charge in [-0.15, -0.1) is 0 Å². The Labute approximate surface area is 94.0 Å². The number of H-pyrrole nitrogens is 1. The number of nitrogens with zero attached hydrogens (tertiary/aromatic N) is 3. The minimum atomic E-state index is 0.512. The highest BCUT2D eigenvalue weighted by Gasteiger charge is 2.11. The van der Waals surface area contributed by atoms with E-state index in [9.17, 15) is 0 Å². The van der Waals surface area contributed by atoms with Crippen molar-refractivity contribution in [3.8, 4) is 17.3 Å². The maximum absolute atomic E-state index is 8.63. The summed E-state index contributed by atoms with van der Waals surface area (Å²) in [5, 5.41) is 15.9. The fourth-order valence-electron chi connectivity index (χ4n) is 1.69. The molecular formula is C12H12N4. The van der Waals surface area contributed by atoms with Crippen molar-refractivity contribution >= 4 is 0 Å². The zero-order chi connectivity index (χ0) is 11.4. The third-order valence-corrected chi connectivity index (χ3v) is 2.51. The van der Waals surface area contributed by atoms with Crippen LogP contribution in [0.25, 0.3) is 11.3 Å². The molecule has 0 radical (unpaired) electrons. The molecule has 1 N–H and O–H groups in total. The Hall–Kier alpha value is -2.15. The molecule has 0 saturated carbocycles. The minimum Gasteiger partial charge on any atom is -0.282 e. The molecule has 2 rings (SSSR count). The predicted octanol–water partition coefficient (Wildman–Crippen LogP) is 2.24. The van der Waals surface area contributed by atoms with Crippen LogP contribution in [0, 0.1) is 18.3 Å². The number of nitriles is 1. The van der Waals surface area contributed by atoms with Gasteiger partial charge in [-0.3, -0.25) is 10.1 Å². The molecule has 0 amide bonds. The first-order valence-electron chi connectivity index (χ1n) is 5.14. The van der Waals surface area contributed by atoms with Crippen molar-refractivity contribution in [2.24, 2.45) is 0 Å². The van der Waals surface area contributed by atoms with Crippen molar-refractivity contribution in [1.29, 1.82) is 5.26 Å². The van der Waals surface area contributed by atoms with Gasteiger partial charge in [-0.1, -0.05) is 0 Å². The van der Waals surface area contributed by atoms with Crippen molar-refractivity contribution in [1.82, 2.24) is 15.2 Å². The lowest BCUT2D eigenvalue weighted by Crippen LogP contribution is -1.89. The number of rotatable bonds is 3. The first-order chi connectivity index (χ1) is 7.83. The summed E-state index contributed by atoms with van der Waals surface area (Å²) >= 11 is 0. The Balaban J connectivity index is 2.39. The van der Waals surface area contributed by atoms with Crippen LogP contribution in [-0.4, -0.2) is 15.2 Å². The first kappa shape index (κ1) is 10.4. The van der Waals surface area contributed by atoms with Gasteiger partial charge in [0.15, 0.2) is 0 Å². The van der Waals surface area contributed by atoms with E-state index in [-0.39, 0.29) is 0 Å². The van der Waals surface area contributed by atoms with Crippen LogP contribution in [0.15, 0.2) is 24.5 Å². The van der Waals surface area contributed by atoms with Gasteiger partial charge in [0.25, 0.3) is 0 Å². The van der Waals surface area contributed by atoms with Gasteiger partial charge in [0.05, 0.1) is 11.8 Å². The molecule has 0 aromatic carbocycles. The third-order valence-electron chi connectivity index (χ3n) is 2.51. The molecule has 2 heterocycles. The highest BCUT2D eigenvalue weighted by molar-refractivity contribution is 5.63. The van der Waals surface area contributed by atoms with Gasteiger partial charge in [-0.05, 0) is 25.5 Å². The second-order valence-corrected chi connectivity index (χ2v) is 3.57. The number of aryl methyl sites for hydroxylation is 1. The first-order valence-corrected chi connectivity index (χ1v) is 5.14. The van der Waals surface area contributed by atoms with Crippen molar-refractivity contribution in [3.63, 3.8) is 0 Å². The van der Waals surface area contributed by atoms with Crippen molar-refractivity contribution < 1.29 is 0 Å². The molecule has 4 nitrogen and oxygen atoms in total. The van der Waals surface area contributed by atoms with Crippen molar-refractivity contribution in [2.75, 3.05) is 0 Å². The quantitative estimate of drug-likeness (QED) is 0.848. The van der Waals surface area contributed by atoms with E-state index in [0.717, 1.165) is 28.9 Å². The van der Waals surface area contributed by atoms with Crippen molar-refractivity contribution in [2.45, 2.75) is 19.8 Å². The van der Waals surface area contributed by atoms with Crippen LogP contribution in [-0.2, 0) is 6.42 Å². The van der Waals surface area contributed by atoms with E-state index in [0.29, 0.717) is 6.42 Å². The Kier molecular flexibility index (Phi) is 2.97. The van der Waals surface area contributed by atoms with Crippen molar-refractivity contribution in [3.05, 3.63) is 35.8 Å². The molecule has 0 bridgehead atoms. The molecule has 2 aromatic heterocycles. The average Bonchev–Trinajstić information content (AvgIpc) is 2.69. The molecule has 0 spiro atoms. The van der Waals surface area contributed by atoms with Crippen LogP contribution in [0.5, 0.6) is 0 Å². The maximum atomic E-state index is 8.63. The molecule has 0 fully saturated rings. The summed E-state index contributed by atoms with van der Waals surface area (Å²) in [5.41, 5.74) is 4.11. The smallest absolute Gasteiger partial charge is 0.0956 e. The SMILES string of the molecule is Cc1[nH]nc(-c2ccncc2)c1CCC#N. The zero-order valence-electron chi connectivity index (χ0n) is 9.07. The van der Waals surface area contributed by atoms with Crippen LogP contribution in [0.2, 0.25) is 0 Å². The number of hydrogen-bond acceptors (Lipinski definition) is 3. The maximum Gasteiger partial charge on any atom is 0.0956 e. The lowest BCUT2D eigenvalue weighted by molar-refractivity contribution is 0.991. The van der Waals surface area contributed by atoms with Gasteiger partial charge in [0.1, 0.15) is 0 Å². The van der Waals surface area contributed by atoms with Gasteiger partial charge < -0.3 is 0 Å². The predicted molar refractivity (Wildman–Crippen MR) is 60.5 cm³/mol. The minimum absolute atomic E-state index is 0.512. The molecule has 0 aliphatic heterocycles. The van der Waals surface area contributed by atoms with E-state index in [2.05, 4.69) is 21.3 Å². The summed E-state index contributed by atoms with van der Waals surface area (Å²) in [5.74, 6) is 0. The molecule has 0 aliphatic carbocycles. The summed E-state index contributed by atoms with van der Waals surface area (Å²) in [6, 6.07) is 6.00. The van der Waals surface area contributed by atoms with Gasteiger partial charge in [0.2, 0.25) is 0 Å². The lowest BCUT2D eigenvalue weighted by atomic mass is 10.0. The second-order valence-electron chi connectivity index (χ2n) is 3.57. The van der Waals surface area contributed by atoms with E-state index in [1.165, 1.54) is 0 Å². The monoisotopic (exact) mass is 212 g/mol. The number of aromatic amines is 1. The highest BCUT2D eigenvalue weighted by atomic mass is 15.1. The number of pyridine rings is 1. The number of nitrogens with one attached hydrogen (secondary N) is 1. The summed E-state index contributed by atoms with van der Waals surface area (Å²) in [6.45, 7) is 1.98. The summed E-state index contributed by atoms with van der Waals surface area (Å²) in [6.07, 6.45) is 4.73. The summed E-state index contributed by atoms with van der Waals surface area (Å²) in [7, 11) is 0. The van der Waals surface area contributed by atoms with E-state index in [4.69, 9.17) is 5.26 Å². The normalized spacial score (nSPS) is 10.0. The van der Waals surface area contributed by atoms with Gasteiger partial charge in [-0.2, -0.15) is 10.4 Å². The largest absolute Gasteiger partial charge is 0.282 e. The number of hydrogen-bond donors (Lipinski definition) is 1. The van der Waals surface area contributed by atoms with Gasteiger partial charge >= 0.3 is 0 Å². The van der Waals surface area contributed by atoms with Crippen LogP contribution in [0.4, 0.5) is 0 Å². The fourth-order valence-corrected chi connectivity index (χ4v) is 1.69. The summed E-state index contributed by atoms with van der Waals surface area (Å²) in [4.78, 5) is 3.98. The topological polar surface area (TPSA) is 65.4 Å². The summed E-state index contributed by atoms with van der Waals surface area (Å²) < 4.78 is 0. The Morgan fingerprint density at radius 3 is 2.81 bits per heavy atom. The standard InChI is InChI=1S/C12H12N4/c1-9-11(3-2-6-13)12(16-15-9)10-4-7-14-8-5-10/h4-5,7-8H,2-3H2,1H3,(H,15,16). The van der Waals surface area contributed by atoms with Gasteiger partial charge in [-0.25, -0.2) is 0 Å². The lowest BCUT2D eigenvalue weighted by Gasteiger charge is -2.00. The molecule has 0 atom stereocenters. The van der Waals surface area contributed by atoms with Crippen LogP contribution >= 0.6 is 0 Å². The Morgan fingerprint density at radius 1 is 1.38 bits per heavy atom. The Bertz CT molecular complexity index is 508. The van der Waals surface area contributed by atoms with E-state index < -0.39 is 0 Å². The molecule has 2 aromatic rings. The molecule has 16 heavy (non-hydrogen) atoms. The molecule has 80 valence electrons. The van der Waals surface area contributed by atoms with E-state index in [1.54, 1.807) is 12.4 Å². The average molecular weight is 212 g/mol. The molecule has 0 saturated heterocycles.